The van der Waals surface area contributed by atoms with Gasteiger partial charge in [-0.05, 0) is 36.0 Å². The number of hydrogen-bond acceptors (Lipinski definition) is 4. The molecule has 1 heterocycles. The predicted molar refractivity (Wildman–Crippen MR) is 105 cm³/mol. The first kappa shape index (κ1) is 24.2. The fraction of sp³-hybridized carbons (Fsp3) is 0.316. The number of para-hydroxylation sites is 1. The minimum Gasteiger partial charge on any atom is -0.475 e. The van der Waals surface area contributed by atoms with Gasteiger partial charge in [0.05, 0.1) is 13.2 Å². The Labute approximate surface area is 180 Å². The van der Waals surface area contributed by atoms with Crippen LogP contribution in [0.2, 0.25) is 5.02 Å². The topological polar surface area (TPSA) is 53.0 Å². The maximum Gasteiger partial charge on any atom is 0.490 e. The molecular weight excluding hydrogens is 451 g/mol. The average molecular weight is 469 g/mol. The standard InChI is InChI=1S/C17H17Cl2FN2O.C2HF3O2/c18-14-7-6-13(16(20)10-14)12-23-17-11-21(8-9-22(17)19)15-4-2-1-3-5-15;3-2(4,5)1(6)7/h1-7,10,17H,8-9,11-12H2;(H,6,7). The second-order valence-electron chi connectivity index (χ2n) is 6.21. The van der Waals surface area contributed by atoms with Crippen molar-refractivity contribution in [3.8, 4) is 0 Å². The molecule has 2 aromatic rings. The molecule has 1 N–H and O–H groups in total. The van der Waals surface area contributed by atoms with Crippen LogP contribution < -0.4 is 4.90 Å². The number of alkyl halides is 3. The quantitative estimate of drug-likeness (QED) is 0.509. The Kier molecular flexibility index (Phi) is 8.72. The molecule has 0 aliphatic carbocycles. The largest absolute Gasteiger partial charge is 0.490 e. The lowest BCUT2D eigenvalue weighted by Crippen LogP contribution is -2.50. The van der Waals surface area contributed by atoms with Gasteiger partial charge >= 0.3 is 12.1 Å². The summed E-state index contributed by atoms with van der Waals surface area (Å²) in [5.74, 6) is -3.12. The summed E-state index contributed by atoms with van der Waals surface area (Å²) in [6.07, 6.45) is -5.39. The van der Waals surface area contributed by atoms with Crippen LogP contribution in [0.4, 0.5) is 23.2 Å². The molecule has 0 bridgehead atoms. The zero-order chi connectivity index (χ0) is 22.3. The monoisotopic (exact) mass is 468 g/mol. The molecule has 1 unspecified atom stereocenters. The number of rotatable bonds is 4. The summed E-state index contributed by atoms with van der Waals surface area (Å²) in [6.45, 7) is 2.27. The van der Waals surface area contributed by atoms with E-state index in [4.69, 9.17) is 38.0 Å². The van der Waals surface area contributed by atoms with Gasteiger partial charge in [-0.3, -0.25) is 0 Å². The Hall–Kier alpha value is -2.07. The molecular formula is C19H18Cl2F4N2O3. The molecule has 0 amide bonds. The Bertz CT molecular complexity index is 840. The third-order valence-corrected chi connectivity index (χ3v) is 4.70. The van der Waals surface area contributed by atoms with E-state index in [-0.39, 0.29) is 18.7 Å². The number of halogens is 6. The van der Waals surface area contributed by atoms with Crippen LogP contribution in [0.3, 0.4) is 0 Å². The third-order valence-electron chi connectivity index (χ3n) is 4.08. The van der Waals surface area contributed by atoms with Gasteiger partial charge in [0.2, 0.25) is 0 Å². The minimum atomic E-state index is -5.08. The number of piperazine rings is 1. The number of carboxylic acid groups (broad SMARTS) is 1. The third kappa shape index (κ3) is 7.32. The van der Waals surface area contributed by atoms with Crippen molar-refractivity contribution in [1.29, 1.82) is 0 Å². The molecule has 3 rings (SSSR count). The zero-order valence-electron chi connectivity index (χ0n) is 15.5. The average Bonchev–Trinajstić information content (AvgIpc) is 2.69. The Morgan fingerprint density at radius 3 is 2.37 bits per heavy atom. The molecule has 11 heteroatoms. The summed E-state index contributed by atoms with van der Waals surface area (Å²) in [4.78, 5) is 11.1. The maximum atomic E-state index is 13.8. The normalized spacial score (nSPS) is 17.3. The smallest absolute Gasteiger partial charge is 0.475 e. The van der Waals surface area contributed by atoms with Gasteiger partial charge in [0.1, 0.15) is 12.0 Å². The van der Waals surface area contributed by atoms with Gasteiger partial charge in [-0.25, -0.2) is 9.18 Å². The van der Waals surface area contributed by atoms with E-state index in [0.717, 1.165) is 12.2 Å². The van der Waals surface area contributed by atoms with E-state index in [1.165, 1.54) is 6.07 Å². The molecule has 1 aliphatic heterocycles. The number of ether oxygens (including phenoxy) is 1. The first-order valence-electron chi connectivity index (χ1n) is 8.66. The van der Waals surface area contributed by atoms with E-state index in [2.05, 4.69) is 17.0 Å². The molecule has 2 aromatic carbocycles. The highest BCUT2D eigenvalue weighted by atomic mass is 35.5. The van der Waals surface area contributed by atoms with Crippen molar-refractivity contribution in [1.82, 2.24) is 4.42 Å². The highest BCUT2D eigenvalue weighted by Crippen LogP contribution is 2.22. The van der Waals surface area contributed by atoms with E-state index in [1.807, 2.05) is 18.2 Å². The first-order chi connectivity index (χ1) is 14.1. The van der Waals surface area contributed by atoms with Crippen molar-refractivity contribution in [2.45, 2.75) is 19.0 Å². The van der Waals surface area contributed by atoms with Gasteiger partial charge in [0.15, 0.2) is 0 Å². The molecule has 164 valence electrons. The van der Waals surface area contributed by atoms with Crippen LogP contribution in [0.5, 0.6) is 0 Å². The summed E-state index contributed by atoms with van der Waals surface area (Å²) >= 11 is 12.0. The van der Waals surface area contributed by atoms with Crippen LogP contribution in [0, 0.1) is 5.82 Å². The number of benzene rings is 2. The SMILES string of the molecule is Fc1cc(Cl)ccc1COC1CN(c2ccccc2)CCN1Cl.O=C(O)C(F)(F)F. The van der Waals surface area contributed by atoms with E-state index >= 15 is 0 Å². The molecule has 0 saturated carbocycles. The van der Waals surface area contributed by atoms with Crippen LogP contribution in [0.25, 0.3) is 0 Å². The van der Waals surface area contributed by atoms with Gasteiger partial charge in [0, 0.05) is 29.4 Å². The lowest BCUT2D eigenvalue weighted by atomic mass is 10.2. The number of nitrogens with zero attached hydrogens (tertiary/aromatic N) is 2. The van der Waals surface area contributed by atoms with Crippen molar-refractivity contribution >= 4 is 35.0 Å². The lowest BCUT2D eigenvalue weighted by Gasteiger charge is -2.38. The fourth-order valence-corrected chi connectivity index (χ4v) is 2.91. The van der Waals surface area contributed by atoms with Gasteiger partial charge in [-0.15, -0.1) is 0 Å². The van der Waals surface area contributed by atoms with Crippen LogP contribution in [-0.2, 0) is 16.1 Å². The number of carbonyl (C=O) groups is 1. The summed E-state index contributed by atoms with van der Waals surface area (Å²) in [6, 6.07) is 14.7. The van der Waals surface area contributed by atoms with E-state index in [1.54, 1.807) is 16.6 Å². The van der Waals surface area contributed by atoms with Crippen molar-refractivity contribution in [2.75, 3.05) is 24.5 Å². The van der Waals surface area contributed by atoms with Crippen molar-refractivity contribution in [2.24, 2.45) is 0 Å². The van der Waals surface area contributed by atoms with Crippen molar-refractivity contribution in [3.05, 3.63) is 64.9 Å². The molecule has 1 aliphatic rings. The lowest BCUT2D eigenvalue weighted by molar-refractivity contribution is -0.192. The Morgan fingerprint density at radius 2 is 1.80 bits per heavy atom. The van der Waals surface area contributed by atoms with Gasteiger partial charge in [0.25, 0.3) is 0 Å². The molecule has 0 radical (unpaired) electrons. The second kappa shape index (κ2) is 10.8. The van der Waals surface area contributed by atoms with Gasteiger partial charge in [-0.1, -0.05) is 35.9 Å². The summed E-state index contributed by atoms with van der Waals surface area (Å²) < 4.78 is 53.0. The highest BCUT2D eigenvalue weighted by Gasteiger charge is 2.38. The number of carboxylic acids is 1. The first-order valence-corrected chi connectivity index (χ1v) is 9.37. The molecule has 0 aromatic heterocycles. The van der Waals surface area contributed by atoms with Crippen LogP contribution in [0.15, 0.2) is 48.5 Å². The van der Waals surface area contributed by atoms with Crippen LogP contribution in [-0.4, -0.2) is 47.5 Å². The number of aliphatic carboxylic acids is 1. The highest BCUT2D eigenvalue weighted by molar-refractivity contribution is 6.30. The van der Waals surface area contributed by atoms with Crippen molar-refractivity contribution < 1.29 is 32.2 Å². The Morgan fingerprint density at radius 1 is 1.17 bits per heavy atom. The molecule has 30 heavy (non-hydrogen) atoms. The molecule has 0 spiro atoms. The predicted octanol–water partition coefficient (Wildman–Crippen LogP) is 4.93. The fourth-order valence-electron chi connectivity index (χ4n) is 2.56. The second-order valence-corrected chi connectivity index (χ2v) is 7.08. The molecule has 5 nitrogen and oxygen atoms in total. The van der Waals surface area contributed by atoms with E-state index in [0.29, 0.717) is 23.7 Å². The Balaban J connectivity index is 0.000000396. The van der Waals surface area contributed by atoms with Crippen LogP contribution >= 0.6 is 23.4 Å². The number of hydrogen-bond donors (Lipinski definition) is 1. The zero-order valence-corrected chi connectivity index (χ0v) is 17.0. The summed E-state index contributed by atoms with van der Waals surface area (Å²) in [7, 11) is 0. The summed E-state index contributed by atoms with van der Waals surface area (Å²) in [5, 5.41) is 7.50. The summed E-state index contributed by atoms with van der Waals surface area (Å²) in [5.41, 5.74) is 1.60. The number of anilines is 1. The minimum absolute atomic E-state index is 0.152. The molecule has 1 atom stereocenters. The maximum absolute atomic E-state index is 13.8. The van der Waals surface area contributed by atoms with Crippen LogP contribution in [0.1, 0.15) is 5.56 Å². The van der Waals surface area contributed by atoms with E-state index in [9.17, 15) is 17.6 Å². The van der Waals surface area contributed by atoms with Gasteiger partial charge in [-0.2, -0.15) is 17.6 Å². The van der Waals surface area contributed by atoms with E-state index < -0.39 is 12.1 Å². The van der Waals surface area contributed by atoms with Crippen molar-refractivity contribution in [3.63, 3.8) is 0 Å². The molecule has 1 fully saturated rings. The molecule has 1 saturated heterocycles. The van der Waals surface area contributed by atoms with Gasteiger partial charge < -0.3 is 14.7 Å².